The van der Waals surface area contributed by atoms with E-state index in [1.54, 1.807) is 0 Å². The number of nitrogens with zero attached hydrogens (tertiary/aromatic N) is 1. The molecule has 0 heterocycles. The average Bonchev–Trinajstić information content (AvgIpc) is 2.35. The molecule has 0 amide bonds. The standard InChI is InChI=1S/C13H19BrF2N2O/c14-11-3-1-2-10(8-11)12(17)4-5-18(6-7-19)9-13(15)16/h1-3,8,12-13,19H,4-7,9,17H2. The number of nitrogens with two attached hydrogens (primary N) is 1. The van der Waals surface area contributed by atoms with E-state index >= 15 is 0 Å². The van der Waals surface area contributed by atoms with Crippen molar-refractivity contribution in [1.29, 1.82) is 0 Å². The van der Waals surface area contributed by atoms with E-state index in [4.69, 9.17) is 10.8 Å². The summed E-state index contributed by atoms with van der Waals surface area (Å²) in [6.45, 7) is 0.235. The van der Waals surface area contributed by atoms with Gasteiger partial charge in [-0.25, -0.2) is 8.78 Å². The van der Waals surface area contributed by atoms with Crippen LogP contribution in [0.2, 0.25) is 0 Å². The summed E-state index contributed by atoms with van der Waals surface area (Å²) < 4.78 is 25.6. The summed E-state index contributed by atoms with van der Waals surface area (Å²) in [7, 11) is 0. The summed E-state index contributed by atoms with van der Waals surface area (Å²) in [6, 6.07) is 7.44. The molecule has 3 N–H and O–H groups in total. The molecule has 0 aromatic heterocycles. The Hall–Kier alpha value is -0.560. The van der Waals surface area contributed by atoms with Crippen molar-refractivity contribution >= 4 is 15.9 Å². The second-order valence-corrected chi connectivity index (χ2v) is 5.28. The highest BCUT2D eigenvalue weighted by Crippen LogP contribution is 2.19. The van der Waals surface area contributed by atoms with Crippen LogP contribution in [-0.4, -0.2) is 42.7 Å². The molecule has 1 aromatic rings. The van der Waals surface area contributed by atoms with Crippen LogP contribution in [0.4, 0.5) is 8.78 Å². The van der Waals surface area contributed by atoms with Gasteiger partial charge in [0, 0.05) is 23.6 Å². The Bertz CT molecular complexity index is 379. The van der Waals surface area contributed by atoms with Crippen molar-refractivity contribution in [3.63, 3.8) is 0 Å². The van der Waals surface area contributed by atoms with Crippen LogP contribution in [0.25, 0.3) is 0 Å². The lowest BCUT2D eigenvalue weighted by Crippen LogP contribution is -2.34. The van der Waals surface area contributed by atoms with Gasteiger partial charge in [0.1, 0.15) is 0 Å². The molecule has 0 saturated carbocycles. The molecule has 108 valence electrons. The fourth-order valence-corrected chi connectivity index (χ4v) is 2.27. The van der Waals surface area contributed by atoms with Crippen LogP contribution in [0, 0.1) is 0 Å². The van der Waals surface area contributed by atoms with Crippen molar-refractivity contribution in [2.24, 2.45) is 5.73 Å². The highest BCUT2D eigenvalue weighted by Gasteiger charge is 2.14. The van der Waals surface area contributed by atoms with Crippen LogP contribution in [-0.2, 0) is 0 Å². The predicted molar refractivity (Wildman–Crippen MR) is 75.2 cm³/mol. The fourth-order valence-electron chi connectivity index (χ4n) is 1.86. The smallest absolute Gasteiger partial charge is 0.251 e. The first-order valence-electron chi connectivity index (χ1n) is 6.15. The Kier molecular flexibility index (Phi) is 7.45. The maximum atomic E-state index is 12.3. The number of aliphatic hydroxyl groups is 1. The van der Waals surface area contributed by atoms with Gasteiger partial charge in [0.15, 0.2) is 0 Å². The molecular formula is C13H19BrF2N2O. The molecule has 0 saturated heterocycles. The number of hydrogen-bond donors (Lipinski definition) is 2. The zero-order valence-electron chi connectivity index (χ0n) is 10.6. The maximum absolute atomic E-state index is 12.3. The molecular weight excluding hydrogens is 318 g/mol. The quantitative estimate of drug-likeness (QED) is 0.766. The van der Waals surface area contributed by atoms with Gasteiger partial charge < -0.3 is 10.8 Å². The van der Waals surface area contributed by atoms with Crippen LogP contribution in [0.1, 0.15) is 18.0 Å². The maximum Gasteiger partial charge on any atom is 0.251 e. The van der Waals surface area contributed by atoms with Gasteiger partial charge in [-0.15, -0.1) is 0 Å². The Labute approximate surface area is 120 Å². The summed E-state index contributed by atoms with van der Waals surface area (Å²) in [5.74, 6) is 0. The molecule has 3 nitrogen and oxygen atoms in total. The lowest BCUT2D eigenvalue weighted by atomic mass is 10.0. The fraction of sp³-hybridized carbons (Fsp3) is 0.538. The second kappa shape index (κ2) is 8.58. The van der Waals surface area contributed by atoms with Crippen LogP contribution in [0.5, 0.6) is 0 Å². The van der Waals surface area contributed by atoms with Gasteiger partial charge in [0.25, 0.3) is 6.43 Å². The Morgan fingerprint density at radius 1 is 1.32 bits per heavy atom. The minimum absolute atomic E-state index is 0.126. The van der Waals surface area contributed by atoms with Gasteiger partial charge in [-0.1, -0.05) is 28.1 Å². The van der Waals surface area contributed by atoms with Crippen molar-refractivity contribution in [2.75, 3.05) is 26.2 Å². The Balaban J connectivity index is 2.49. The van der Waals surface area contributed by atoms with Crippen LogP contribution in [0.15, 0.2) is 28.7 Å². The van der Waals surface area contributed by atoms with Gasteiger partial charge in [0.2, 0.25) is 0 Å². The molecule has 19 heavy (non-hydrogen) atoms. The van der Waals surface area contributed by atoms with Crippen LogP contribution in [0.3, 0.4) is 0 Å². The number of benzene rings is 1. The Morgan fingerprint density at radius 3 is 2.63 bits per heavy atom. The topological polar surface area (TPSA) is 49.5 Å². The van der Waals surface area contributed by atoms with E-state index < -0.39 is 6.43 Å². The molecule has 0 fully saturated rings. The summed E-state index contributed by atoms with van der Waals surface area (Å²) in [5.41, 5.74) is 7.01. The normalized spacial score (nSPS) is 13.2. The zero-order chi connectivity index (χ0) is 14.3. The van der Waals surface area contributed by atoms with Gasteiger partial charge in [-0.05, 0) is 24.1 Å². The predicted octanol–water partition coefficient (Wildman–Crippen LogP) is 2.40. The summed E-state index contributed by atoms with van der Waals surface area (Å²) in [6.07, 6.45) is -1.82. The zero-order valence-corrected chi connectivity index (χ0v) is 12.2. The molecule has 1 atom stereocenters. The minimum atomic E-state index is -2.39. The van der Waals surface area contributed by atoms with E-state index in [2.05, 4.69) is 15.9 Å². The molecule has 1 aromatic carbocycles. The highest BCUT2D eigenvalue weighted by atomic mass is 79.9. The van der Waals surface area contributed by atoms with E-state index in [1.807, 2.05) is 24.3 Å². The number of hydrogen-bond acceptors (Lipinski definition) is 3. The highest BCUT2D eigenvalue weighted by molar-refractivity contribution is 9.10. The van der Waals surface area contributed by atoms with E-state index in [9.17, 15) is 8.78 Å². The van der Waals surface area contributed by atoms with Gasteiger partial charge >= 0.3 is 0 Å². The van der Waals surface area contributed by atoms with Crippen molar-refractivity contribution in [3.05, 3.63) is 34.3 Å². The molecule has 0 radical (unpaired) electrons. The first kappa shape index (κ1) is 16.5. The van der Waals surface area contributed by atoms with Gasteiger partial charge in [-0.3, -0.25) is 4.90 Å². The van der Waals surface area contributed by atoms with Crippen LogP contribution >= 0.6 is 15.9 Å². The average molecular weight is 337 g/mol. The van der Waals surface area contributed by atoms with Crippen molar-refractivity contribution in [1.82, 2.24) is 4.90 Å². The summed E-state index contributed by atoms with van der Waals surface area (Å²) in [5, 5.41) is 8.84. The third-order valence-electron chi connectivity index (χ3n) is 2.85. The molecule has 0 bridgehead atoms. The van der Waals surface area contributed by atoms with Gasteiger partial charge in [-0.2, -0.15) is 0 Å². The third kappa shape index (κ3) is 6.42. The molecule has 0 aliphatic heterocycles. The molecule has 1 unspecified atom stereocenters. The van der Waals surface area contributed by atoms with E-state index in [1.165, 1.54) is 4.90 Å². The lowest BCUT2D eigenvalue weighted by Gasteiger charge is -2.22. The van der Waals surface area contributed by atoms with Crippen LogP contribution < -0.4 is 5.73 Å². The second-order valence-electron chi connectivity index (χ2n) is 4.37. The third-order valence-corrected chi connectivity index (χ3v) is 3.34. The van der Waals surface area contributed by atoms with E-state index in [-0.39, 0.29) is 25.7 Å². The molecule has 6 heteroatoms. The first-order valence-corrected chi connectivity index (χ1v) is 6.94. The van der Waals surface area contributed by atoms with Crippen molar-refractivity contribution in [3.8, 4) is 0 Å². The van der Waals surface area contributed by atoms with E-state index in [0.29, 0.717) is 13.0 Å². The SMILES string of the molecule is NC(CCN(CCO)CC(F)F)c1cccc(Br)c1. The van der Waals surface area contributed by atoms with E-state index in [0.717, 1.165) is 10.0 Å². The minimum Gasteiger partial charge on any atom is -0.395 e. The molecule has 0 aliphatic carbocycles. The molecule has 0 aliphatic rings. The lowest BCUT2D eigenvalue weighted by molar-refractivity contribution is 0.0768. The Morgan fingerprint density at radius 2 is 2.05 bits per heavy atom. The number of halogens is 3. The van der Waals surface area contributed by atoms with Gasteiger partial charge in [0.05, 0.1) is 13.2 Å². The van der Waals surface area contributed by atoms with Crippen molar-refractivity contribution in [2.45, 2.75) is 18.9 Å². The molecule has 1 rings (SSSR count). The number of aliphatic hydroxyl groups excluding tert-OH is 1. The largest absolute Gasteiger partial charge is 0.395 e. The number of rotatable bonds is 8. The molecule has 0 spiro atoms. The number of alkyl halides is 2. The summed E-state index contributed by atoms with van der Waals surface area (Å²) >= 11 is 3.37. The monoisotopic (exact) mass is 336 g/mol. The van der Waals surface area contributed by atoms with Crippen molar-refractivity contribution < 1.29 is 13.9 Å². The summed E-state index contributed by atoms with van der Waals surface area (Å²) in [4.78, 5) is 1.53. The first-order chi connectivity index (χ1) is 9.02.